The fourth-order valence-electron chi connectivity index (χ4n) is 4.20. The van der Waals surface area contributed by atoms with Crippen LogP contribution in [0.1, 0.15) is 54.0 Å². The van der Waals surface area contributed by atoms with Crippen molar-refractivity contribution < 1.29 is 30.4 Å². The predicted octanol–water partition coefficient (Wildman–Crippen LogP) is 2.91. The van der Waals surface area contributed by atoms with Gasteiger partial charge in [-0.2, -0.15) is 0 Å². The van der Waals surface area contributed by atoms with Gasteiger partial charge >= 0.3 is 12.1 Å². The molecule has 3 unspecified atom stereocenters. The first-order valence-corrected chi connectivity index (χ1v) is 10.8. The number of aliphatic carboxylic acids is 1. The van der Waals surface area contributed by atoms with Crippen LogP contribution in [0.4, 0.5) is 4.79 Å². The Balaban J connectivity index is 1.84. The van der Waals surface area contributed by atoms with E-state index in [0.29, 0.717) is 5.56 Å². The monoisotopic (exact) mass is 478 g/mol. The van der Waals surface area contributed by atoms with Gasteiger partial charge in [0.25, 0.3) is 5.91 Å². The zero-order valence-corrected chi connectivity index (χ0v) is 19.6. The zero-order chi connectivity index (χ0) is 25.4. The molecule has 33 heavy (non-hydrogen) atoms. The summed E-state index contributed by atoms with van der Waals surface area (Å²) in [5.74, 6) is -2.56. The van der Waals surface area contributed by atoms with Crippen LogP contribution in [0.15, 0.2) is 41.1 Å². The maximum atomic E-state index is 13.3. The second-order valence-corrected chi connectivity index (χ2v) is 9.96. The van der Waals surface area contributed by atoms with E-state index >= 15 is 0 Å². The maximum Gasteiger partial charge on any atom is 0.408 e. The molecule has 0 spiro atoms. The van der Waals surface area contributed by atoms with Gasteiger partial charge in [-0.3, -0.25) is 14.5 Å². The number of allylic oxidation sites excluding steroid dienone is 1. The number of ether oxygens (including phenoxy) is 1. The number of amides is 3. The molecule has 0 saturated carbocycles. The Labute approximate surface area is 198 Å². The number of hydrogen-bond donors (Lipinski definition) is 3. The first-order valence-electron chi connectivity index (χ1n) is 11.1. The lowest BCUT2D eigenvalue weighted by Gasteiger charge is -2.56. The summed E-state index contributed by atoms with van der Waals surface area (Å²) in [7, 11) is 0. The average molecular weight is 479 g/mol. The van der Waals surface area contributed by atoms with Crippen molar-refractivity contribution in [2.75, 3.05) is 0 Å². The molecular formula is C23H28ClN3O6. The largest absolute Gasteiger partial charge is 0.477 e. The molecule has 178 valence electrons. The molecule has 0 bridgehead atoms. The predicted molar refractivity (Wildman–Crippen MR) is 120 cm³/mol. The number of benzene rings is 1. The van der Waals surface area contributed by atoms with E-state index < -0.39 is 53.0 Å². The third-order valence-electron chi connectivity index (χ3n) is 5.53. The third-order valence-corrected chi connectivity index (χ3v) is 5.85. The number of carbonyl (C=O) groups excluding carboxylic acids is 3. The molecule has 2 aliphatic heterocycles. The van der Waals surface area contributed by atoms with E-state index in [1.165, 1.54) is 0 Å². The van der Waals surface area contributed by atoms with Crippen LogP contribution >= 0.6 is 11.6 Å². The van der Waals surface area contributed by atoms with E-state index in [0.717, 1.165) is 4.90 Å². The Morgan fingerprint density at radius 2 is 1.94 bits per heavy atom. The van der Waals surface area contributed by atoms with E-state index in [-0.39, 0.29) is 24.0 Å². The van der Waals surface area contributed by atoms with E-state index in [2.05, 4.69) is 10.6 Å². The zero-order valence-electron chi connectivity index (χ0n) is 19.8. The van der Waals surface area contributed by atoms with Gasteiger partial charge in [-0.25, -0.2) is 9.59 Å². The average Bonchev–Trinajstić information content (AvgIpc) is 2.74. The molecule has 0 aliphatic carbocycles. The Morgan fingerprint density at radius 3 is 2.52 bits per heavy atom. The van der Waals surface area contributed by atoms with Crippen molar-refractivity contribution in [1.29, 1.82) is 0 Å². The van der Waals surface area contributed by atoms with Crippen LogP contribution in [0.5, 0.6) is 0 Å². The van der Waals surface area contributed by atoms with Crippen molar-refractivity contribution in [3.63, 3.8) is 0 Å². The summed E-state index contributed by atoms with van der Waals surface area (Å²) in [5, 5.41) is 14.8. The first-order chi connectivity index (χ1) is 15.8. The van der Waals surface area contributed by atoms with Crippen molar-refractivity contribution in [2.45, 2.75) is 64.7 Å². The molecule has 2 aliphatic rings. The molecule has 1 saturated heterocycles. The maximum absolute atomic E-state index is 13.3. The van der Waals surface area contributed by atoms with Crippen molar-refractivity contribution in [2.24, 2.45) is 5.41 Å². The standard InChI is InChI=1S/C23H28ClN3O6/c1-22(2,3)33-21(32)26-14(12-9-7-6-8-10-12)18(28)25-15-17-23(4,5)11-13(24)16(20(30)31)27(17)19(15)29/h6-10,14-15,17H,11H2,1-5H3,(H,25,28)(H,26,32)(H,30,31)/i1D. The van der Waals surface area contributed by atoms with Gasteiger partial charge in [0.15, 0.2) is 0 Å². The lowest BCUT2D eigenvalue weighted by Crippen LogP contribution is -2.76. The first kappa shape index (κ1) is 23.1. The van der Waals surface area contributed by atoms with E-state index in [1.807, 2.05) is 13.8 Å². The van der Waals surface area contributed by atoms with Gasteiger partial charge in [-0.15, -0.1) is 0 Å². The summed E-state index contributed by atoms with van der Waals surface area (Å²) >= 11 is 6.17. The number of carboxylic acid groups (broad SMARTS) is 1. The normalized spacial score (nSPS) is 23.0. The van der Waals surface area contributed by atoms with Crippen LogP contribution in [0.3, 0.4) is 0 Å². The van der Waals surface area contributed by atoms with Crippen molar-refractivity contribution in [3.05, 3.63) is 46.6 Å². The minimum absolute atomic E-state index is 0.0791. The minimum atomic E-state index is -1.31. The van der Waals surface area contributed by atoms with Crippen LogP contribution in [-0.2, 0) is 19.1 Å². The van der Waals surface area contributed by atoms with Crippen molar-refractivity contribution in [1.82, 2.24) is 15.5 Å². The minimum Gasteiger partial charge on any atom is -0.477 e. The molecule has 1 aromatic rings. The van der Waals surface area contributed by atoms with E-state index in [1.54, 1.807) is 44.2 Å². The van der Waals surface area contributed by atoms with Crippen LogP contribution in [0.25, 0.3) is 0 Å². The van der Waals surface area contributed by atoms with Crippen molar-refractivity contribution in [3.8, 4) is 0 Å². The Kier molecular flexibility index (Phi) is 6.09. The molecule has 3 N–H and O–H groups in total. The van der Waals surface area contributed by atoms with Gasteiger partial charge < -0.3 is 20.5 Å². The number of halogens is 1. The molecule has 9 nitrogen and oxygen atoms in total. The molecule has 3 rings (SSSR count). The number of alkyl carbamates (subject to hydrolysis) is 1. The Hall–Kier alpha value is -3.07. The van der Waals surface area contributed by atoms with Crippen LogP contribution in [-0.4, -0.2) is 51.6 Å². The van der Waals surface area contributed by atoms with Gasteiger partial charge in [0.2, 0.25) is 5.91 Å². The molecule has 3 amide bonds. The number of nitrogens with one attached hydrogen (secondary N) is 2. The van der Waals surface area contributed by atoms with Crippen LogP contribution < -0.4 is 10.6 Å². The molecule has 1 aromatic carbocycles. The third kappa shape index (κ3) is 4.98. The molecule has 1 fully saturated rings. The Morgan fingerprint density at radius 1 is 1.30 bits per heavy atom. The summed E-state index contributed by atoms with van der Waals surface area (Å²) in [5.41, 5.74) is -1.48. The fourth-order valence-corrected chi connectivity index (χ4v) is 4.71. The number of β-lactam (4-membered cyclic amide) rings is 1. The highest BCUT2D eigenvalue weighted by molar-refractivity contribution is 6.32. The second kappa shape index (κ2) is 8.70. The highest BCUT2D eigenvalue weighted by Crippen LogP contribution is 2.48. The molecule has 2 heterocycles. The molecular weight excluding hydrogens is 450 g/mol. The van der Waals surface area contributed by atoms with Crippen molar-refractivity contribution >= 4 is 35.5 Å². The van der Waals surface area contributed by atoms with Gasteiger partial charge in [-0.05, 0) is 38.1 Å². The molecule has 3 atom stereocenters. The lowest BCUT2D eigenvalue weighted by molar-refractivity contribution is -0.162. The number of carboxylic acids is 1. The van der Waals surface area contributed by atoms with Crippen LogP contribution in [0, 0.1) is 5.41 Å². The quantitative estimate of drug-likeness (QED) is 0.559. The smallest absolute Gasteiger partial charge is 0.408 e. The van der Waals surface area contributed by atoms with Gasteiger partial charge in [0, 0.05) is 6.40 Å². The van der Waals surface area contributed by atoms with Crippen LogP contribution in [0.2, 0.25) is 0 Å². The number of carbonyl (C=O) groups is 4. The number of fused-ring (bicyclic) bond motifs is 1. The number of hydrogen-bond acceptors (Lipinski definition) is 5. The van der Waals surface area contributed by atoms with Gasteiger partial charge in [0.1, 0.15) is 23.4 Å². The summed E-state index contributed by atoms with van der Waals surface area (Å²) in [6.45, 7) is 6.65. The summed E-state index contributed by atoms with van der Waals surface area (Å²) < 4.78 is 12.7. The fraction of sp³-hybridized carbons (Fsp3) is 0.478. The topological polar surface area (TPSA) is 125 Å². The SMILES string of the molecule is [2H]CC(C)(C)OC(=O)NC(C(=O)NC1C(=O)N2C(C(=O)O)=C(Cl)CC(C)(C)C12)c1ccccc1. The lowest BCUT2D eigenvalue weighted by atomic mass is 9.69. The summed E-state index contributed by atoms with van der Waals surface area (Å²) in [4.78, 5) is 51.5. The molecule has 0 aromatic heterocycles. The van der Waals surface area contributed by atoms with E-state index in [4.69, 9.17) is 17.7 Å². The Bertz CT molecular complexity index is 1040. The second-order valence-electron chi connectivity index (χ2n) is 9.50. The number of rotatable bonds is 5. The highest BCUT2D eigenvalue weighted by atomic mass is 35.5. The van der Waals surface area contributed by atoms with Gasteiger partial charge in [0.05, 0.1) is 6.04 Å². The highest BCUT2D eigenvalue weighted by Gasteiger charge is 2.60. The number of nitrogens with zero attached hydrogens (tertiary/aromatic N) is 1. The summed E-state index contributed by atoms with van der Waals surface area (Å²) in [6, 6.07) is 5.64. The molecule has 10 heteroatoms. The van der Waals surface area contributed by atoms with E-state index in [9.17, 15) is 24.3 Å². The summed E-state index contributed by atoms with van der Waals surface area (Å²) in [6.07, 6.45) is -0.657. The van der Waals surface area contributed by atoms with Gasteiger partial charge in [-0.1, -0.05) is 55.8 Å². The molecule has 0 radical (unpaired) electrons.